The molecule has 0 spiro atoms. The molecule has 0 unspecified atom stereocenters. The fourth-order valence-electron chi connectivity index (χ4n) is 1.72. The summed E-state index contributed by atoms with van der Waals surface area (Å²) in [5, 5.41) is 3.97. The SMILES string of the molecule is O=C(CCc1ccccc1)N/N=C\c1cccc(I)c1. The highest BCUT2D eigenvalue weighted by atomic mass is 127. The van der Waals surface area contributed by atoms with Gasteiger partial charge >= 0.3 is 0 Å². The fourth-order valence-corrected chi connectivity index (χ4v) is 2.29. The Hall–Kier alpha value is -1.69. The van der Waals surface area contributed by atoms with E-state index in [2.05, 4.69) is 33.1 Å². The van der Waals surface area contributed by atoms with Crippen LogP contribution >= 0.6 is 22.6 Å². The summed E-state index contributed by atoms with van der Waals surface area (Å²) >= 11 is 2.24. The number of hydrogen-bond donors (Lipinski definition) is 1. The third-order valence-electron chi connectivity index (χ3n) is 2.74. The van der Waals surface area contributed by atoms with Gasteiger partial charge in [0.2, 0.25) is 5.91 Å². The Balaban J connectivity index is 1.78. The van der Waals surface area contributed by atoms with Crippen LogP contribution in [0.3, 0.4) is 0 Å². The smallest absolute Gasteiger partial charge is 0.240 e. The molecule has 0 radical (unpaired) electrons. The highest BCUT2D eigenvalue weighted by molar-refractivity contribution is 14.1. The number of amides is 1. The summed E-state index contributed by atoms with van der Waals surface area (Å²) in [5.74, 6) is -0.0734. The van der Waals surface area contributed by atoms with Crippen molar-refractivity contribution in [1.29, 1.82) is 0 Å². The number of benzene rings is 2. The van der Waals surface area contributed by atoms with E-state index in [4.69, 9.17) is 0 Å². The lowest BCUT2D eigenvalue weighted by molar-refractivity contribution is -0.121. The first-order valence-corrected chi connectivity index (χ1v) is 7.43. The third-order valence-corrected chi connectivity index (χ3v) is 3.41. The van der Waals surface area contributed by atoms with Crippen molar-refractivity contribution in [3.63, 3.8) is 0 Å². The number of rotatable bonds is 5. The van der Waals surface area contributed by atoms with E-state index < -0.39 is 0 Å². The molecule has 0 aromatic heterocycles. The first-order valence-electron chi connectivity index (χ1n) is 6.35. The lowest BCUT2D eigenvalue weighted by Gasteiger charge is -2.00. The number of nitrogens with one attached hydrogen (secondary N) is 1. The Morgan fingerprint density at radius 1 is 1.15 bits per heavy atom. The van der Waals surface area contributed by atoms with Gasteiger partial charge in [-0.2, -0.15) is 5.10 Å². The van der Waals surface area contributed by atoms with Crippen molar-refractivity contribution in [2.45, 2.75) is 12.8 Å². The predicted molar refractivity (Wildman–Crippen MR) is 89.7 cm³/mol. The van der Waals surface area contributed by atoms with Crippen LogP contribution in [0.15, 0.2) is 59.7 Å². The van der Waals surface area contributed by atoms with Crippen LogP contribution in [-0.2, 0) is 11.2 Å². The fraction of sp³-hybridized carbons (Fsp3) is 0.125. The van der Waals surface area contributed by atoms with E-state index in [9.17, 15) is 4.79 Å². The van der Waals surface area contributed by atoms with Crippen molar-refractivity contribution in [2.75, 3.05) is 0 Å². The first-order chi connectivity index (χ1) is 9.74. The molecule has 0 aliphatic heterocycles. The topological polar surface area (TPSA) is 41.5 Å². The number of nitrogens with zero attached hydrogens (tertiary/aromatic N) is 1. The van der Waals surface area contributed by atoms with E-state index >= 15 is 0 Å². The lowest BCUT2D eigenvalue weighted by Crippen LogP contribution is -2.17. The second kappa shape index (κ2) is 7.79. The van der Waals surface area contributed by atoms with Gasteiger partial charge in [0.1, 0.15) is 0 Å². The van der Waals surface area contributed by atoms with E-state index in [0.717, 1.165) is 21.1 Å². The number of aryl methyl sites for hydroxylation is 1. The highest BCUT2D eigenvalue weighted by Gasteiger charge is 2.00. The molecular weight excluding hydrogens is 363 g/mol. The molecular formula is C16H15IN2O. The maximum absolute atomic E-state index is 11.6. The number of halogens is 1. The molecule has 3 nitrogen and oxygen atoms in total. The molecule has 2 aromatic rings. The second-order valence-corrected chi connectivity index (χ2v) is 5.58. The molecule has 0 aliphatic carbocycles. The summed E-state index contributed by atoms with van der Waals surface area (Å²) < 4.78 is 1.14. The molecule has 0 atom stereocenters. The average Bonchev–Trinajstić information content (AvgIpc) is 2.46. The lowest BCUT2D eigenvalue weighted by atomic mass is 10.1. The Morgan fingerprint density at radius 2 is 1.95 bits per heavy atom. The van der Waals surface area contributed by atoms with E-state index in [1.165, 1.54) is 0 Å². The van der Waals surface area contributed by atoms with Crippen LogP contribution in [0.4, 0.5) is 0 Å². The van der Waals surface area contributed by atoms with E-state index in [-0.39, 0.29) is 5.91 Å². The van der Waals surface area contributed by atoms with Crippen molar-refractivity contribution in [2.24, 2.45) is 5.10 Å². The molecule has 1 amide bonds. The zero-order valence-corrected chi connectivity index (χ0v) is 13.1. The van der Waals surface area contributed by atoms with Crippen LogP contribution in [0.25, 0.3) is 0 Å². The minimum Gasteiger partial charge on any atom is -0.273 e. The first kappa shape index (κ1) is 14.7. The number of carbonyl (C=O) groups is 1. The van der Waals surface area contributed by atoms with Gasteiger partial charge in [-0.3, -0.25) is 4.79 Å². The van der Waals surface area contributed by atoms with Crippen molar-refractivity contribution in [3.05, 3.63) is 69.3 Å². The minimum absolute atomic E-state index is 0.0734. The monoisotopic (exact) mass is 378 g/mol. The minimum atomic E-state index is -0.0734. The molecule has 0 fully saturated rings. The Labute approximate surface area is 132 Å². The van der Waals surface area contributed by atoms with Crippen molar-refractivity contribution >= 4 is 34.7 Å². The van der Waals surface area contributed by atoms with Gasteiger partial charge in [-0.1, -0.05) is 42.5 Å². The van der Waals surface area contributed by atoms with Gasteiger partial charge < -0.3 is 0 Å². The van der Waals surface area contributed by atoms with Crippen LogP contribution in [0.1, 0.15) is 17.5 Å². The number of hydrazone groups is 1. The Bertz CT molecular complexity index is 596. The van der Waals surface area contributed by atoms with Crippen molar-refractivity contribution in [1.82, 2.24) is 5.43 Å². The average molecular weight is 378 g/mol. The largest absolute Gasteiger partial charge is 0.273 e. The molecule has 102 valence electrons. The quantitative estimate of drug-likeness (QED) is 0.484. The molecule has 0 bridgehead atoms. The van der Waals surface area contributed by atoms with E-state index in [1.807, 2.05) is 54.6 Å². The summed E-state index contributed by atoms with van der Waals surface area (Å²) in [6.07, 6.45) is 2.82. The summed E-state index contributed by atoms with van der Waals surface area (Å²) in [4.78, 5) is 11.6. The van der Waals surface area contributed by atoms with Crippen LogP contribution in [-0.4, -0.2) is 12.1 Å². The van der Waals surface area contributed by atoms with Gasteiger partial charge in [0.15, 0.2) is 0 Å². The summed E-state index contributed by atoms with van der Waals surface area (Å²) in [6, 6.07) is 17.9. The van der Waals surface area contributed by atoms with Crippen LogP contribution in [0, 0.1) is 3.57 Å². The third kappa shape index (κ3) is 5.13. The molecule has 20 heavy (non-hydrogen) atoms. The second-order valence-electron chi connectivity index (χ2n) is 4.33. The summed E-state index contributed by atoms with van der Waals surface area (Å²) in [7, 11) is 0. The zero-order valence-electron chi connectivity index (χ0n) is 10.9. The van der Waals surface area contributed by atoms with Gasteiger partial charge in [-0.25, -0.2) is 5.43 Å². The molecule has 4 heteroatoms. The van der Waals surface area contributed by atoms with Gasteiger partial charge in [0, 0.05) is 9.99 Å². The van der Waals surface area contributed by atoms with Crippen LogP contribution < -0.4 is 5.43 Å². The maximum Gasteiger partial charge on any atom is 0.240 e. The van der Waals surface area contributed by atoms with Crippen LogP contribution in [0.5, 0.6) is 0 Å². The van der Waals surface area contributed by atoms with Crippen LogP contribution in [0.2, 0.25) is 0 Å². The molecule has 0 aliphatic rings. The van der Waals surface area contributed by atoms with Gasteiger partial charge in [-0.15, -0.1) is 0 Å². The summed E-state index contributed by atoms with van der Waals surface area (Å²) in [5.41, 5.74) is 4.68. The maximum atomic E-state index is 11.6. The van der Waals surface area contributed by atoms with Gasteiger partial charge in [-0.05, 0) is 52.3 Å². The standard InChI is InChI=1S/C16H15IN2O/c17-15-8-4-7-14(11-15)12-18-19-16(20)10-9-13-5-2-1-3-6-13/h1-8,11-12H,9-10H2,(H,19,20)/b18-12-. The molecule has 0 heterocycles. The Morgan fingerprint density at radius 3 is 2.70 bits per heavy atom. The Kier molecular flexibility index (Phi) is 5.73. The van der Waals surface area contributed by atoms with E-state index in [0.29, 0.717) is 6.42 Å². The molecule has 0 saturated carbocycles. The number of hydrogen-bond acceptors (Lipinski definition) is 2. The molecule has 2 rings (SSSR count). The molecule has 1 N–H and O–H groups in total. The van der Waals surface area contributed by atoms with Crippen molar-refractivity contribution in [3.8, 4) is 0 Å². The zero-order chi connectivity index (χ0) is 14.2. The normalized spacial score (nSPS) is 10.7. The summed E-state index contributed by atoms with van der Waals surface area (Å²) in [6.45, 7) is 0. The number of carbonyl (C=O) groups excluding carboxylic acids is 1. The van der Waals surface area contributed by atoms with Gasteiger partial charge in [0.25, 0.3) is 0 Å². The van der Waals surface area contributed by atoms with Crippen molar-refractivity contribution < 1.29 is 4.79 Å². The molecule has 2 aromatic carbocycles. The van der Waals surface area contributed by atoms with E-state index in [1.54, 1.807) is 6.21 Å². The predicted octanol–water partition coefficient (Wildman–Crippen LogP) is 3.37. The highest BCUT2D eigenvalue weighted by Crippen LogP contribution is 2.05. The van der Waals surface area contributed by atoms with Gasteiger partial charge in [0.05, 0.1) is 6.21 Å². The molecule has 0 saturated heterocycles.